The number of ketones is 1. The Bertz CT molecular complexity index is 1080. The van der Waals surface area contributed by atoms with Gasteiger partial charge >= 0.3 is 5.97 Å². The first-order valence-corrected chi connectivity index (χ1v) is 9.37. The average Bonchev–Trinajstić information content (AvgIpc) is 3.10. The molecule has 0 unspecified atom stereocenters. The number of benzene rings is 1. The fraction of sp³-hybridized carbons (Fsp3) is 0.286. The van der Waals surface area contributed by atoms with Crippen molar-refractivity contribution in [2.75, 3.05) is 6.61 Å². The highest BCUT2D eigenvalue weighted by molar-refractivity contribution is 6.32. The van der Waals surface area contributed by atoms with Gasteiger partial charge in [0.25, 0.3) is 0 Å². The minimum atomic E-state index is -0.686. The van der Waals surface area contributed by atoms with E-state index in [1.165, 1.54) is 16.8 Å². The van der Waals surface area contributed by atoms with E-state index in [9.17, 15) is 14.0 Å². The fourth-order valence-electron chi connectivity index (χ4n) is 3.24. The van der Waals surface area contributed by atoms with Gasteiger partial charge in [0.2, 0.25) is 5.78 Å². The molecular formula is C21H21ClFN3O3. The lowest BCUT2D eigenvalue weighted by atomic mass is 10.1. The van der Waals surface area contributed by atoms with Gasteiger partial charge in [-0.25, -0.2) is 9.18 Å². The van der Waals surface area contributed by atoms with Crippen molar-refractivity contribution in [1.29, 1.82) is 0 Å². The van der Waals surface area contributed by atoms with Gasteiger partial charge < -0.3 is 9.30 Å². The summed E-state index contributed by atoms with van der Waals surface area (Å²) in [5.41, 5.74) is 3.62. The van der Waals surface area contributed by atoms with Gasteiger partial charge in [-0.1, -0.05) is 23.7 Å². The topological polar surface area (TPSA) is 66.1 Å². The molecule has 2 aromatic heterocycles. The highest BCUT2D eigenvalue weighted by Gasteiger charge is 2.23. The Morgan fingerprint density at radius 2 is 1.83 bits per heavy atom. The van der Waals surface area contributed by atoms with E-state index in [1.54, 1.807) is 32.2 Å². The molecule has 0 bridgehead atoms. The number of carbonyl (C=O) groups excluding carboxylic acids is 2. The molecule has 0 radical (unpaired) electrons. The smallest absolute Gasteiger partial charge is 0.343 e. The lowest BCUT2D eigenvalue weighted by Crippen LogP contribution is -2.16. The third-order valence-corrected chi connectivity index (χ3v) is 5.25. The molecule has 0 aliphatic rings. The van der Waals surface area contributed by atoms with Gasteiger partial charge in [-0.15, -0.1) is 0 Å². The Morgan fingerprint density at radius 1 is 1.17 bits per heavy atom. The molecule has 3 aromatic rings. The number of carbonyl (C=O) groups is 2. The normalized spacial score (nSPS) is 11.0. The van der Waals surface area contributed by atoms with Gasteiger partial charge in [-0.05, 0) is 44.5 Å². The van der Waals surface area contributed by atoms with Crippen molar-refractivity contribution in [2.24, 2.45) is 7.05 Å². The third-order valence-electron chi connectivity index (χ3n) is 4.82. The molecule has 0 atom stereocenters. The maximum atomic E-state index is 13.1. The van der Waals surface area contributed by atoms with Crippen LogP contribution in [0, 0.1) is 26.6 Å². The molecule has 0 fully saturated rings. The number of hydrogen-bond donors (Lipinski definition) is 0. The summed E-state index contributed by atoms with van der Waals surface area (Å²) in [6, 6.07) is 7.98. The van der Waals surface area contributed by atoms with Crippen molar-refractivity contribution in [2.45, 2.75) is 27.3 Å². The third kappa shape index (κ3) is 4.24. The highest BCUT2D eigenvalue weighted by atomic mass is 35.5. The summed E-state index contributed by atoms with van der Waals surface area (Å²) in [5.74, 6) is -1.29. The molecule has 0 amide bonds. The van der Waals surface area contributed by atoms with E-state index in [-0.39, 0.29) is 22.3 Å². The van der Waals surface area contributed by atoms with Gasteiger partial charge in [0.1, 0.15) is 16.5 Å². The molecule has 0 spiro atoms. The first-order valence-electron chi connectivity index (χ1n) is 8.99. The van der Waals surface area contributed by atoms with E-state index in [0.29, 0.717) is 17.8 Å². The number of rotatable bonds is 6. The lowest BCUT2D eigenvalue weighted by molar-refractivity contribution is 0.0474. The monoisotopic (exact) mass is 417 g/mol. The fourth-order valence-corrected chi connectivity index (χ4v) is 3.49. The summed E-state index contributed by atoms with van der Waals surface area (Å²) >= 11 is 6.07. The number of ether oxygens (including phenoxy) is 1. The van der Waals surface area contributed by atoms with E-state index in [0.717, 1.165) is 17.0 Å². The van der Waals surface area contributed by atoms with E-state index in [1.807, 2.05) is 18.4 Å². The molecule has 8 heteroatoms. The van der Waals surface area contributed by atoms with Crippen LogP contribution >= 0.6 is 11.6 Å². The molecule has 0 saturated heterocycles. The number of hydrogen-bond acceptors (Lipinski definition) is 4. The number of Topliss-reactive ketones (excluding diaryl/α,β-unsaturated/α-hetero) is 1. The van der Waals surface area contributed by atoms with Crippen LogP contribution in [0.25, 0.3) is 0 Å². The predicted octanol–water partition coefficient (Wildman–Crippen LogP) is 4.03. The van der Waals surface area contributed by atoms with E-state index >= 15 is 0 Å². The van der Waals surface area contributed by atoms with Crippen LogP contribution in [-0.4, -0.2) is 32.7 Å². The molecular weight excluding hydrogens is 397 g/mol. The van der Waals surface area contributed by atoms with Gasteiger partial charge in [0.05, 0.1) is 5.69 Å². The van der Waals surface area contributed by atoms with Crippen molar-refractivity contribution < 1.29 is 18.7 Å². The molecule has 0 saturated carbocycles. The molecule has 3 rings (SSSR count). The Morgan fingerprint density at radius 3 is 2.41 bits per heavy atom. The maximum absolute atomic E-state index is 13.1. The summed E-state index contributed by atoms with van der Waals surface area (Å²) in [4.78, 5) is 25.0. The summed E-state index contributed by atoms with van der Waals surface area (Å²) in [6.07, 6.45) is 0. The van der Waals surface area contributed by atoms with Crippen molar-refractivity contribution in [3.63, 3.8) is 0 Å². The van der Waals surface area contributed by atoms with Crippen molar-refractivity contribution in [1.82, 2.24) is 14.3 Å². The Balaban J connectivity index is 1.73. The van der Waals surface area contributed by atoms with Gasteiger partial charge in [-0.2, -0.15) is 5.10 Å². The second kappa shape index (κ2) is 8.21. The van der Waals surface area contributed by atoms with E-state index in [2.05, 4.69) is 5.10 Å². The molecule has 2 heterocycles. The summed E-state index contributed by atoms with van der Waals surface area (Å²) in [6.45, 7) is 5.47. The quantitative estimate of drug-likeness (QED) is 0.448. The largest absolute Gasteiger partial charge is 0.454 e. The Hall–Kier alpha value is -2.93. The maximum Gasteiger partial charge on any atom is 0.343 e. The number of halogens is 2. The summed E-state index contributed by atoms with van der Waals surface area (Å²) in [5, 5.41) is 4.23. The predicted molar refractivity (Wildman–Crippen MR) is 107 cm³/mol. The van der Waals surface area contributed by atoms with Gasteiger partial charge in [0, 0.05) is 30.5 Å². The van der Waals surface area contributed by atoms with Crippen LogP contribution in [0.15, 0.2) is 30.3 Å². The first kappa shape index (κ1) is 20.8. The summed E-state index contributed by atoms with van der Waals surface area (Å²) in [7, 11) is 1.62. The zero-order valence-corrected chi connectivity index (χ0v) is 17.4. The molecule has 152 valence electrons. The molecule has 1 aromatic carbocycles. The minimum absolute atomic E-state index is 0.156. The average molecular weight is 418 g/mol. The lowest BCUT2D eigenvalue weighted by Gasteiger charge is -2.10. The van der Waals surface area contributed by atoms with Crippen LogP contribution in [0.3, 0.4) is 0 Å². The minimum Gasteiger partial charge on any atom is -0.454 e. The molecule has 6 nitrogen and oxygen atoms in total. The molecule has 0 aliphatic heterocycles. The summed E-state index contributed by atoms with van der Waals surface area (Å²) < 4.78 is 21.6. The van der Waals surface area contributed by atoms with Crippen LogP contribution < -0.4 is 0 Å². The van der Waals surface area contributed by atoms with Crippen LogP contribution in [-0.2, 0) is 18.3 Å². The Kier molecular flexibility index (Phi) is 5.88. The van der Waals surface area contributed by atoms with Gasteiger partial charge in [-0.3, -0.25) is 9.48 Å². The van der Waals surface area contributed by atoms with Crippen LogP contribution in [0.4, 0.5) is 4.39 Å². The number of nitrogens with zero attached hydrogens (tertiary/aromatic N) is 3. The SMILES string of the molecule is Cc1nn(C)c(Cl)c1C(=O)OCC(=O)c1cc(C)n(Cc2ccc(F)cc2)c1C. The number of aromatic nitrogens is 3. The number of aryl methyl sites for hydroxylation is 3. The van der Waals surface area contributed by atoms with Crippen molar-refractivity contribution >= 4 is 23.4 Å². The molecule has 29 heavy (non-hydrogen) atoms. The number of esters is 1. The van der Waals surface area contributed by atoms with Gasteiger partial charge in [0.15, 0.2) is 6.61 Å². The highest BCUT2D eigenvalue weighted by Crippen LogP contribution is 2.21. The second-order valence-electron chi connectivity index (χ2n) is 6.87. The first-order chi connectivity index (χ1) is 13.7. The van der Waals surface area contributed by atoms with Crippen molar-refractivity contribution in [3.05, 3.63) is 75.1 Å². The standard InChI is InChI=1S/C21H21ClFN3O3/c1-12-9-17(14(3)26(12)10-15-5-7-16(23)8-6-15)18(27)11-29-21(28)19-13(2)24-25(4)20(19)22/h5-9H,10-11H2,1-4H3. The van der Waals surface area contributed by atoms with Crippen molar-refractivity contribution in [3.8, 4) is 0 Å². The van der Waals surface area contributed by atoms with Crippen LogP contribution in [0.2, 0.25) is 5.15 Å². The molecule has 0 aliphatic carbocycles. The Labute approximate surface area is 172 Å². The van der Waals surface area contributed by atoms with E-state index in [4.69, 9.17) is 16.3 Å². The second-order valence-corrected chi connectivity index (χ2v) is 7.23. The van der Waals surface area contributed by atoms with Crippen LogP contribution in [0.5, 0.6) is 0 Å². The molecule has 0 N–H and O–H groups in total. The zero-order valence-electron chi connectivity index (χ0n) is 16.6. The van der Waals surface area contributed by atoms with E-state index < -0.39 is 12.6 Å². The zero-order chi connectivity index (χ0) is 21.3. The van der Waals surface area contributed by atoms with Crippen LogP contribution in [0.1, 0.15) is 43.4 Å².